The van der Waals surface area contributed by atoms with Crippen molar-refractivity contribution in [2.75, 3.05) is 0 Å². The molecule has 3 aromatic carbocycles. The van der Waals surface area contributed by atoms with Gasteiger partial charge in [-0.25, -0.2) is 4.39 Å². The van der Waals surface area contributed by atoms with Crippen LogP contribution >= 0.6 is 35.0 Å². The molecular formula is C31H33Cl2FN4OS. The highest BCUT2D eigenvalue weighted by Gasteiger charge is 2.28. The Balaban J connectivity index is 1.75. The van der Waals surface area contributed by atoms with E-state index in [2.05, 4.69) is 22.4 Å². The Bertz CT molecular complexity index is 1400. The van der Waals surface area contributed by atoms with E-state index in [1.807, 2.05) is 47.9 Å². The fourth-order valence-electron chi connectivity index (χ4n) is 4.54. The number of amides is 1. The molecule has 1 heterocycles. The molecular weight excluding hydrogens is 566 g/mol. The predicted molar refractivity (Wildman–Crippen MR) is 162 cm³/mol. The number of carbonyl (C=O) groups excluding carboxylic acids is 1. The van der Waals surface area contributed by atoms with Crippen LogP contribution in [0.1, 0.15) is 62.5 Å². The van der Waals surface area contributed by atoms with Crippen LogP contribution < -0.4 is 5.32 Å². The van der Waals surface area contributed by atoms with Crippen molar-refractivity contribution in [3.05, 3.63) is 106 Å². The normalized spacial score (nSPS) is 12.7. The summed E-state index contributed by atoms with van der Waals surface area (Å²) in [6.45, 7) is 4.18. The maximum absolute atomic E-state index is 13.5. The van der Waals surface area contributed by atoms with E-state index in [1.165, 1.54) is 23.9 Å². The van der Waals surface area contributed by atoms with Crippen LogP contribution in [0.3, 0.4) is 0 Å². The molecule has 210 valence electrons. The number of hydrogen-bond donors (Lipinski definition) is 1. The fraction of sp³-hybridized carbons (Fsp3) is 0.323. The van der Waals surface area contributed by atoms with Gasteiger partial charge in [0.15, 0.2) is 11.0 Å². The quantitative estimate of drug-likeness (QED) is 0.156. The van der Waals surface area contributed by atoms with Gasteiger partial charge in [-0.05, 0) is 60.7 Å². The summed E-state index contributed by atoms with van der Waals surface area (Å²) < 4.78 is 15.3. The average molecular weight is 600 g/mol. The van der Waals surface area contributed by atoms with Crippen LogP contribution in [0.4, 0.5) is 4.39 Å². The fourth-order valence-corrected chi connectivity index (χ4v) is 5.94. The molecule has 0 saturated heterocycles. The number of nitrogens with zero attached hydrogens (tertiary/aromatic N) is 3. The summed E-state index contributed by atoms with van der Waals surface area (Å²) in [4.78, 5) is 13.5. The Hall–Kier alpha value is -2.87. The Morgan fingerprint density at radius 2 is 1.75 bits per heavy atom. The van der Waals surface area contributed by atoms with Crippen molar-refractivity contribution in [2.24, 2.45) is 5.92 Å². The van der Waals surface area contributed by atoms with Crippen molar-refractivity contribution in [3.8, 4) is 5.69 Å². The zero-order valence-corrected chi connectivity index (χ0v) is 24.9. The maximum atomic E-state index is 13.5. The molecule has 4 rings (SSSR count). The lowest BCUT2D eigenvalue weighted by molar-refractivity contribution is -0.126. The lowest BCUT2D eigenvalue weighted by atomic mass is 9.97. The van der Waals surface area contributed by atoms with E-state index < -0.39 is 6.04 Å². The van der Waals surface area contributed by atoms with Gasteiger partial charge in [0, 0.05) is 16.7 Å². The summed E-state index contributed by atoms with van der Waals surface area (Å²) >= 11 is 14.4. The lowest BCUT2D eigenvalue weighted by Gasteiger charge is -2.23. The molecule has 2 unspecified atom stereocenters. The second kappa shape index (κ2) is 14.7. The number of halogens is 3. The van der Waals surface area contributed by atoms with Crippen molar-refractivity contribution >= 4 is 40.9 Å². The van der Waals surface area contributed by atoms with E-state index in [1.54, 1.807) is 24.3 Å². The highest BCUT2D eigenvalue weighted by atomic mass is 35.5. The summed E-state index contributed by atoms with van der Waals surface area (Å²) in [7, 11) is 0. The van der Waals surface area contributed by atoms with Crippen LogP contribution in [-0.2, 0) is 17.0 Å². The monoisotopic (exact) mass is 598 g/mol. The number of benzene rings is 3. The Kier molecular flexibility index (Phi) is 11.0. The molecule has 40 heavy (non-hydrogen) atoms. The minimum Gasteiger partial charge on any atom is -0.345 e. The van der Waals surface area contributed by atoms with Crippen LogP contribution in [0, 0.1) is 11.7 Å². The van der Waals surface area contributed by atoms with Gasteiger partial charge in [-0.2, -0.15) is 0 Å². The second-order valence-electron chi connectivity index (χ2n) is 9.69. The molecule has 5 nitrogen and oxygen atoms in total. The SMILES string of the molecule is CCCCC(CC)C(=O)NC(Cc1ccccc1)c1nnc(SCc2ccc(F)cc2)n1-c1ccc(Cl)cc1Cl. The summed E-state index contributed by atoms with van der Waals surface area (Å²) in [6, 6.07) is 21.2. The minimum atomic E-state index is -0.454. The molecule has 0 spiro atoms. The number of rotatable bonds is 13. The predicted octanol–water partition coefficient (Wildman–Crippen LogP) is 8.62. The number of thioether (sulfide) groups is 1. The number of unbranched alkanes of at least 4 members (excludes halogenated alkanes) is 1. The molecule has 1 N–H and O–H groups in total. The Morgan fingerprint density at radius 1 is 1.00 bits per heavy atom. The van der Waals surface area contributed by atoms with Crippen molar-refractivity contribution < 1.29 is 9.18 Å². The highest BCUT2D eigenvalue weighted by molar-refractivity contribution is 7.98. The van der Waals surface area contributed by atoms with Crippen LogP contribution in [-0.4, -0.2) is 20.7 Å². The van der Waals surface area contributed by atoms with E-state index in [0.29, 0.717) is 38.9 Å². The van der Waals surface area contributed by atoms with Gasteiger partial charge in [0.1, 0.15) is 5.82 Å². The third kappa shape index (κ3) is 7.87. The van der Waals surface area contributed by atoms with Gasteiger partial charge in [-0.15, -0.1) is 10.2 Å². The highest BCUT2D eigenvalue weighted by Crippen LogP contribution is 2.33. The molecule has 9 heteroatoms. The summed E-state index contributed by atoms with van der Waals surface area (Å²) in [5, 5.41) is 14.0. The average Bonchev–Trinajstić information content (AvgIpc) is 3.37. The third-order valence-corrected chi connectivity index (χ3v) is 8.31. The van der Waals surface area contributed by atoms with Crippen LogP contribution in [0.2, 0.25) is 10.0 Å². The lowest BCUT2D eigenvalue weighted by Crippen LogP contribution is -2.36. The molecule has 4 aromatic rings. The van der Waals surface area contributed by atoms with Crippen LogP contribution in [0.5, 0.6) is 0 Å². The maximum Gasteiger partial charge on any atom is 0.223 e. The summed E-state index contributed by atoms with van der Waals surface area (Å²) in [6.07, 6.45) is 4.16. The number of nitrogens with one attached hydrogen (secondary N) is 1. The van der Waals surface area contributed by atoms with Gasteiger partial charge in [0.05, 0.1) is 16.8 Å². The van der Waals surface area contributed by atoms with E-state index in [4.69, 9.17) is 23.2 Å². The molecule has 1 aromatic heterocycles. The van der Waals surface area contributed by atoms with Crippen LogP contribution in [0.15, 0.2) is 78.0 Å². The molecule has 0 bridgehead atoms. The third-order valence-electron chi connectivity index (χ3n) is 6.77. The van der Waals surface area contributed by atoms with Crippen LogP contribution in [0.25, 0.3) is 5.69 Å². The van der Waals surface area contributed by atoms with Gasteiger partial charge >= 0.3 is 0 Å². The topological polar surface area (TPSA) is 59.8 Å². The first-order valence-corrected chi connectivity index (χ1v) is 15.3. The van der Waals surface area contributed by atoms with E-state index in [0.717, 1.165) is 36.8 Å². The van der Waals surface area contributed by atoms with E-state index >= 15 is 0 Å². The molecule has 0 aliphatic rings. The van der Waals surface area contributed by atoms with Gasteiger partial charge in [0.25, 0.3) is 0 Å². The molecule has 2 atom stereocenters. The van der Waals surface area contributed by atoms with E-state index in [9.17, 15) is 9.18 Å². The smallest absolute Gasteiger partial charge is 0.223 e. The first-order valence-electron chi connectivity index (χ1n) is 13.5. The summed E-state index contributed by atoms with van der Waals surface area (Å²) in [5.74, 6) is 0.772. The molecule has 0 fully saturated rings. The van der Waals surface area contributed by atoms with Crippen molar-refractivity contribution in [3.63, 3.8) is 0 Å². The van der Waals surface area contributed by atoms with Gasteiger partial charge in [-0.3, -0.25) is 9.36 Å². The Morgan fingerprint density at radius 3 is 2.42 bits per heavy atom. The van der Waals surface area contributed by atoms with Crippen molar-refractivity contribution in [2.45, 2.75) is 62.9 Å². The molecule has 0 saturated carbocycles. The zero-order valence-electron chi connectivity index (χ0n) is 22.6. The standard InChI is InChI=1S/C31H33Cl2FN4OS/c1-3-5-11-23(4-2)30(39)35-27(18-21-9-7-6-8-10-21)29-36-37-31(40-20-22-12-15-25(34)16-13-22)38(29)28-17-14-24(32)19-26(28)33/h6-10,12-17,19,23,27H,3-5,11,18,20H2,1-2H3,(H,35,39). The first-order chi connectivity index (χ1) is 19.4. The number of aromatic nitrogens is 3. The summed E-state index contributed by atoms with van der Waals surface area (Å²) in [5.41, 5.74) is 2.67. The minimum absolute atomic E-state index is 0.00847. The second-order valence-corrected chi connectivity index (χ2v) is 11.5. The van der Waals surface area contributed by atoms with Crippen molar-refractivity contribution in [1.82, 2.24) is 20.1 Å². The van der Waals surface area contributed by atoms with Gasteiger partial charge < -0.3 is 5.32 Å². The van der Waals surface area contributed by atoms with Gasteiger partial charge in [0.2, 0.25) is 5.91 Å². The van der Waals surface area contributed by atoms with E-state index in [-0.39, 0.29) is 17.6 Å². The van der Waals surface area contributed by atoms with Gasteiger partial charge in [-0.1, -0.05) is 104 Å². The number of hydrogen-bond acceptors (Lipinski definition) is 4. The molecule has 1 amide bonds. The first kappa shape index (κ1) is 30.1. The molecule has 0 radical (unpaired) electrons. The molecule has 0 aliphatic heterocycles. The number of carbonyl (C=O) groups is 1. The largest absolute Gasteiger partial charge is 0.345 e. The van der Waals surface area contributed by atoms with Crippen molar-refractivity contribution in [1.29, 1.82) is 0 Å². The Labute approximate surface area is 249 Å². The zero-order chi connectivity index (χ0) is 28.5. The molecule has 0 aliphatic carbocycles.